The molecule has 5 heteroatoms. The van der Waals surface area contributed by atoms with E-state index in [2.05, 4.69) is 38.2 Å². The lowest BCUT2D eigenvalue weighted by atomic mass is 9.87. The van der Waals surface area contributed by atoms with Crippen LogP contribution in [0.4, 0.5) is 4.79 Å². The fourth-order valence-electron chi connectivity index (χ4n) is 2.01. The number of aliphatic hydroxyl groups is 1. The van der Waals surface area contributed by atoms with Gasteiger partial charge in [0.25, 0.3) is 0 Å². The van der Waals surface area contributed by atoms with E-state index in [9.17, 15) is 4.79 Å². The number of hydrogen-bond acceptors (Lipinski definition) is 3. The Hall–Kier alpha value is -1.75. The highest BCUT2D eigenvalue weighted by atomic mass is 16.5. The van der Waals surface area contributed by atoms with Gasteiger partial charge in [-0.25, -0.2) is 4.79 Å². The summed E-state index contributed by atoms with van der Waals surface area (Å²) in [4.78, 5) is 13.3. The molecule has 0 aliphatic carbocycles. The van der Waals surface area contributed by atoms with Crippen LogP contribution in [0, 0.1) is 0 Å². The van der Waals surface area contributed by atoms with Crippen LogP contribution >= 0.6 is 0 Å². The average molecular weight is 308 g/mol. The molecule has 0 unspecified atom stereocenters. The van der Waals surface area contributed by atoms with Crippen LogP contribution in [0.25, 0.3) is 0 Å². The van der Waals surface area contributed by atoms with Gasteiger partial charge in [0.1, 0.15) is 12.4 Å². The van der Waals surface area contributed by atoms with Crippen molar-refractivity contribution in [1.82, 2.24) is 10.2 Å². The summed E-state index contributed by atoms with van der Waals surface area (Å²) in [6, 6.07) is 7.85. The predicted molar refractivity (Wildman–Crippen MR) is 88.4 cm³/mol. The van der Waals surface area contributed by atoms with Crippen LogP contribution in [-0.2, 0) is 5.41 Å². The van der Waals surface area contributed by atoms with E-state index in [4.69, 9.17) is 9.84 Å². The van der Waals surface area contributed by atoms with Crippen LogP contribution in [-0.4, -0.2) is 48.9 Å². The van der Waals surface area contributed by atoms with E-state index >= 15 is 0 Å². The highest BCUT2D eigenvalue weighted by Gasteiger charge is 2.13. The molecule has 0 aliphatic rings. The van der Waals surface area contributed by atoms with Crippen molar-refractivity contribution in [3.8, 4) is 5.75 Å². The van der Waals surface area contributed by atoms with Crippen molar-refractivity contribution in [3.63, 3.8) is 0 Å². The third-order valence-corrected chi connectivity index (χ3v) is 3.41. The van der Waals surface area contributed by atoms with Gasteiger partial charge in [-0.2, -0.15) is 0 Å². The van der Waals surface area contributed by atoms with E-state index < -0.39 is 0 Å². The van der Waals surface area contributed by atoms with Gasteiger partial charge in [0, 0.05) is 13.1 Å². The van der Waals surface area contributed by atoms with Gasteiger partial charge in [-0.05, 0) is 30.0 Å². The number of ether oxygens (including phenoxy) is 1. The average Bonchev–Trinajstić information content (AvgIpc) is 2.48. The number of nitrogens with one attached hydrogen (secondary N) is 1. The number of likely N-dealkylation sites (N-methyl/N-ethyl adjacent to an activating group) is 1. The molecule has 22 heavy (non-hydrogen) atoms. The van der Waals surface area contributed by atoms with Crippen LogP contribution in [0.2, 0.25) is 0 Å². The zero-order chi connectivity index (χ0) is 16.6. The molecule has 0 aliphatic heterocycles. The molecule has 2 N–H and O–H groups in total. The summed E-state index contributed by atoms with van der Waals surface area (Å²) in [6.07, 6.45) is 0. The minimum atomic E-state index is -0.178. The van der Waals surface area contributed by atoms with Crippen molar-refractivity contribution in [2.24, 2.45) is 0 Å². The van der Waals surface area contributed by atoms with E-state index in [1.54, 1.807) is 4.90 Å². The Labute approximate surface area is 133 Å². The summed E-state index contributed by atoms with van der Waals surface area (Å²) in [6.45, 7) is 10.1. The standard InChI is InChI=1S/C17H28N2O3/c1-5-19(11-12-20)16(21)18-10-13-22-15-8-6-14(7-9-15)17(2,3)4/h6-9,20H,5,10-13H2,1-4H3,(H,18,21). The smallest absolute Gasteiger partial charge is 0.317 e. The summed E-state index contributed by atoms with van der Waals surface area (Å²) in [5.74, 6) is 0.796. The normalized spacial score (nSPS) is 11.1. The van der Waals surface area contributed by atoms with E-state index in [1.165, 1.54) is 5.56 Å². The second-order valence-electron chi connectivity index (χ2n) is 6.16. The van der Waals surface area contributed by atoms with Crippen LogP contribution in [0.5, 0.6) is 5.75 Å². The van der Waals surface area contributed by atoms with Gasteiger partial charge in [0.15, 0.2) is 0 Å². The van der Waals surface area contributed by atoms with Gasteiger partial charge in [-0.3, -0.25) is 0 Å². The van der Waals surface area contributed by atoms with Crippen molar-refractivity contribution in [1.29, 1.82) is 0 Å². The number of rotatable bonds is 7. The predicted octanol–water partition coefficient (Wildman–Crippen LogP) is 2.39. The Morgan fingerprint density at radius 2 is 1.91 bits per heavy atom. The van der Waals surface area contributed by atoms with Gasteiger partial charge >= 0.3 is 6.03 Å². The second-order valence-corrected chi connectivity index (χ2v) is 6.16. The van der Waals surface area contributed by atoms with Crippen molar-refractivity contribution in [2.45, 2.75) is 33.1 Å². The first kappa shape index (κ1) is 18.3. The molecular weight excluding hydrogens is 280 g/mol. The van der Waals surface area contributed by atoms with Crippen LogP contribution in [0.1, 0.15) is 33.3 Å². The molecule has 1 aromatic carbocycles. The largest absolute Gasteiger partial charge is 0.492 e. The van der Waals surface area contributed by atoms with Gasteiger partial charge in [0.05, 0.1) is 13.2 Å². The van der Waals surface area contributed by atoms with E-state index in [1.807, 2.05) is 19.1 Å². The Balaban J connectivity index is 2.34. The molecule has 0 bridgehead atoms. The van der Waals surface area contributed by atoms with Gasteiger partial charge in [-0.1, -0.05) is 32.9 Å². The monoisotopic (exact) mass is 308 g/mol. The Morgan fingerprint density at radius 3 is 2.41 bits per heavy atom. The SMILES string of the molecule is CCN(CCO)C(=O)NCCOc1ccc(C(C)(C)C)cc1. The van der Waals surface area contributed by atoms with E-state index in [0.717, 1.165) is 5.75 Å². The molecular formula is C17H28N2O3. The number of urea groups is 1. The number of aliphatic hydroxyl groups excluding tert-OH is 1. The van der Waals surface area contributed by atoms with E-state index in [0.29, 0.717) is 26.2 Å². The van der Waals surface area contributed by atoms with Crippen LogP contribution < -0.4 is 10.1 Å². The number of amides is 2. The fraction of sp³-hybridized carbons (Fsp3) is 0.588. The summed E-state index contributed by atoms with van der Waals surface area (Å²) >= 11 is 0. The highest BCUT2D eigenvalue weighted by Crippen LogP contribution is 2.24. The zero-order valence-corrected chi connectivity index (χ0v) is 14.1. The van der Waals surface area contributed by atoms with Crippen LogP contribution in [0.15, 0.2) is 24.3 Å². The minimum Gasteiger partial charge on any atom is -0.492 e. The van der Waals surface area contributed by atoms with Gasteiger partial charge in [-0.15, -0.1) is 0 Å². The third-order valence-electron chi connectivity index (χ3n) is 3.41. The van der Waals surface area contributed by atoms with Crippen molar-refractivity contribution < 1.29 is 14.6 Å². The molecule has 1 aromatic rings. The number of carbonyl (C=O) groups is 1. The first-order valence-corrected chi connectivity index (χ1v) is 7.75. The molecule has 2 amide bonds. The molecule has 0 saturated carbocycles. The maximum absolute atomic E-state index is 11.8. The fourth-order valence-corrected chi connectivity index (χ4v) is 2.01. The summed E-state index contributed by atoms with van der Waals surface area (Å²) in [5, 5.41) is 11.6. The Morgan fingerprint density at radius 1 is 1.27 bits per heavy atom. The molecule has 124 valence electrons. The van der Waals surface area contributed by atoms with Crippen molar-refractivity contribution in [3.05, 3.63) is 29.8 Å². The first-order chi connectivity index (χ1) is 10.4. The number of hydrogen-bond donors (Lipinski definition) is 2. The molecule has 0 heterocycles. The molecule has 5 nitrogen and oxygen atoms in total. The first-order valence-electron chi connectivity index (χ1n) is 7.75. The summed E-state index contributed by atoms with van der Waals surface area (Å²) in [5.41, 5.74) is 1.39. The summed E-state index contributed by atoms with van der Waals surface area (Å²) in [7, 11) is 0. The van der Waals surface area contributed by atoms with Gasteiger partial charge < -0.3 is 20.1 Å². The quantitative estimate of drug-likeness (QED) is 0.760. The third kappa shape index (κ3) is 5.93. The number of nitrogens with zero attached hydrogens (tertiary/aromatic N) is 1. The Kier molecular flexibility index (Phi) is 7.18. The zero-order valence-electron chi connectivity index (χ0n) is 14.1. The topological polar surface area (TPSA) is 61.8 Å². The lowest BCUT2D eigenvalue weighted by Crippen LogP contribution is -2.42. The molecule has 1 rings (SSSR count). The molecule has 0 spiro atoms. The maximum Gasteiger partial charge on any atom is 0.317 e. The second kappa shape index (κ2) is 8.63. The lowest BCUT2D eigenvalue weighted by Gasteiger charge is -2.20. The minimum absolute atomic E-state index is 0.0299. The summed E-state index contributed by atoms with van der Waals surface area (Å²) < 4.78 is 5.61. The molecule has 0 fully saturated rings. The Bertz CT molecular complexity index is 452. The van der Waals surface area contributed by atoms with Gasteiger partial charge in [0.2, 0.25) is 0 Å². The molecule has 0 atom stereocenters. The van der Waals surface area contributed by atoms with Crippen molar-refractivity contribution >= 4 is 6.03 Å². The van der Waals surface area contributed by atoms with E-state index in [-0.39, 0.29) is 18.1 Å². The molecule has 0 saturated heterocycles. The highest BCUT2D eigenvalue weighted by molar-refractivity contribution is 5.74. The van der Waals surface area contributed by atoms with Crippen molar-refractivity contribution in [2.75, 3.05) is 32.8 Å². The maximum atomic E-state index is 11.8. The molecule has 0 radical (unpaired) electrons. The number of carbonyl (C=O) groups excluding carboxylic acids is 1. The lowest BCUT2D eigenvalue weighted by molar-refractivity contribution is 0.178. The molecule has 0 aromatic heterocycles. The number of benzene rings is 1. The van der Waals surface area contributed by atoms with Crippen LogP contribution in [0.3, 0.4) is 0 Å².